The zero-order valence-electron chi connectivity index (χ0n) is 20.2. The van der Waals surface area contributed by atoms with Crippen molar-refractivity contribution in [1.82, 2.24) is 35.3 Å². The van der Waals surface area contributed by atoms with Crippen LogP contribution in [0.3, 0.4) is 0 Å². The monoisotopic (exact) mass is 496 g/mol. The topological polar surface area (TPSA) is 133 Å². The molecule has 4 aromatic rings. The maximum Gasteiger partial charge on any atom is 0.288 e. The number of aromatic nitrogens is 4. The Morgan fingerprint density at radius 3 is 2.35 bits per heavy atom. The molecule has 37 heavy (non-hydrogen) atoms. The zero-order chi connectivity index (χ0) is 25.6. The summed E-state index contributed by atoms with van der Waals surface area (Å²) in [7, 11) is 0. The fraction of sp³-hybridized carbons (Fsp3) is 0.222. The molecule has 2 amide bonds. The summed E-state index contributed by atoms with van der Waals surface area (Å²) >= 11 is 0. The number of carbonyl (C=O) groups is 2. The standard InChI is InChI=1S/C27H28N8O2/c28-22-13-21(14-29-15-22)27(37)34-11-12-35(23(17-34)16-30-26(36)25-31-18-32-33-25)24(19-7-3-1-4-8-19)20-9-5-2-6-10-20/h1-10,13-15,18,23-24H,11-12,16-17,28H2,(H,30,36)(H,31,32,33). The van der Waals surface area contributed by atoms with E-state index in [1.807, 2.05) is 36.4 Å². The van der Waals surface area contributed by atoms with Crippen molar-refractivity contribution in [2.45, 2.75) is 12.1 Å². The summed E-state index contributed by atoms with van der Waals surface area (Å²) in [6, 6.07) is 21.9. The van der Waals surface area contributed by atoms with Crippen molar-refractivity contribution >= 4 is 17.5 Å². The van der Waals surface area contributed by atoms with Crippen LogP contribution >= 0.6 is 0 Å². The van der Waals surface area contributed by atoms with Gasteiger partial charge in [0, 0.05) is 44.6 Å². The lowest BCUT2D eigenvalue weighted by atomic mass is 9.94. The molecule has 0 radical (unpaired) electrons. The quantitative estimate of drug-likeness (QED) is 0.357. The van der Waals surface area contributed by atoms with Gasteiger partial charge in [-0.25, -0.2) is 4.98 Å². The van der Waals surface area contributed by atoms with Crippen molar-refractivity contribution in [2.24, 2.45) is 0 Å². The highest BCUT2D eigenvalue weighted by atomic mass is 16.2. The van der Waals surface area contributed by atoms with Crippen LogP contribution in [0.25, 0.3) is 0 Å². The van der Waals surface area contributed by atoms with Crippen LogP contribution in [0.2, 0.25) is 0 Å². The van der Waals surface area contributed by atoms with Crippen molar-refractivity contribution in [2.75, 3.05) is 31.9 Å². The van der Waals surface area contributed by atoms with E-state index in [0.29, 0.717) is 37.4 Å². The molecule has 2 aromatic heterocycles. The van der Waals surface area contributed by atoms with Gasteiger partial charge in [0.25, 0.3) is 11.8 Å². The van der Waals surface area contributed by atoms with E-state index in [1.165, 1.54) is 18.7 Å². The number of carbonyl (C=O) groups excluding carboxylic acids is 2. The normalized spacial score (nSPS) is 16.0. The number of nitrogens with one attached hydrogen (secondary N) is 2. The van der Waals surface area contributed by atoms with E-state index >= 15 is 0 Å². The van der Waals surface area contributed by atoms with E-state index < -0.39 is 0 Å². The Kier molecular flexibility index (Phi) is 7.18. The van der Waals surface area contributed by atoms with E-state index in [4.69, 9.17) is 5.73 Å². The maximum atomic E-state index is 13.3. The Labute approximate surface area is 214 Å². The van der Waals surface area contributed by atoms with Crippen molar-refractivity contribution in [3.63, 3.8) is 0 Å². The summed E-state index contributed by atoms with van der Waals surface area (Å²) in [5, 5.41) is 9.32. The molecular formula is C27H28N8O2. The number of piperazine rings is 1. The number of anilines is 1. The molecule has 0 saturated carbocycles. The third-order valence-corrected chi connectivity index (χ3v) is 6.51. The van der Waals surface area contributed by atoms with Crippen LogP contribution < -0.4 is 11.1 Å². The molecule has 2 aromatic carbocycles. The van der Waals surface area contributed by atoms with Gasteiger partial charge in [-0.2, -0.15) is 5.10 Å². The number of nitrogens with zero attached hydrogens (tertiary/aromatic N) is 5. The second kappa shape index (κ2) is 11.0. The zero-order valence-corrected chi connectivity index (χ0v) is 20.2. The van der Waals surface area contributed by atoms with Crippen LogP contribution in [-0.2, 0) is 0 Å². The second-order valence-electron chi connectivity index (χ2n) is 8.92. The molecule has 1 fully saturated rings. The first-order valence-electron chi connectivity index (χ1n) is 12.1. The number of H-pyrrole nitrogens is 1. The molecule has 0 spiro atoms. The third kappa shape index (κ3) is 5.49. The first-order chi connectivity index (χ1) is 18.1. The average Bonchev–Trinajstić information content (AvgIpc) is 3.49. The highest BCUT2D eigenvalue weighted by molar-refractivity contribution is 5.94. The summed E-state index contributed by atoms with van der Waals surface area (Å²) in [6.07, 6.45) is 4.34. The third-order valence-electron chi connectivity index (χ3n) is 6.51. The van der Waals surface area contributed by atoms with Gasteiger partial charge in [-0.15, -0.1) is 0 Å². The summed E-state index contributed by atoms with van der Waals surface area (Å²) in [5.74, 6) is -0.345. The van der Waals surface area contributed by atoms with Gasteiger partial charge in [-0.05, 0) is 17.2 Å². The van der Waals surface area contributed by atoms with Gasteiger partial charge in [0.15, 0.2) is 0 Å². The van der Waals surface area contributed by atoms with Gasteiger partial charge in [0.1, 0.15) is 6.33 Å². The van der Waals surface area contributed by atoms with E-state index in [2.05, 4.69) is 54.6 Å². The highest BCUT2D eigenvalue weighted by Gasteiger charge is 2.36. The van der Waals surface area contributed by atoms with Crippen molar-refractivity contribution in [3.8, 4) is 0 Å². The predicted molar refractivity (Wildman–Crippen MR) is 138 cm³/mol. The molecular weight excluding hydrogens is 468 g/mol. The first-order valence-corrected chi connectivity index (χ1v) is 12.1. The van der Waals surface area contributed by atoms with Crippen LogP contribution in [0.4, 0.5) is 5.69 Å². The van der Waals surface area contributed by atoms with E-state index in [1.54, 1.807) is 11.0 Å². The van der Waals surface area contributed by atoms with Crippen LogP contribution in [-0.4, -0.2) is 74.0 Å². The molecule has 4 N–H and O–H groups in total. The number of nitrogen functional groups attached to an aromatic ring is 1. The average molecular weight is 497 g/mol. The fourth-order valence-corrected chi connectivity index (χ4v) is 4.79. The minimum absolute atomic E-state index is 0.0548. The summed E-state index contributed by atoms with van der Waals surface area (Å²) in [6.45, 7) is 1.87. The van der Waals surface area contributed by atoms with Crippen LogP contribution in [0.1, 0.15) is 38.1 Å². The molecule has 10 heteroatoms. The Morgan fingerprint density at radius 1 is 1.03 bits per heavy atom. The van der Waals surface area contributed by atoms with E-state index in [0.717, 1.165) is 11.1 Å². The molecule has 1 unspecified atom stereocenters. The van der Waals surface area contributed by atoms with Gasteiger partial charge < -0.3 is 16.0 Å². The van der Waals surface area contributed by atoms with Crippen molar-refractivity contribution in [3.05, 3.63) is 108 Å². The molecule has 1 saturated heterocycles. The van der Waals surface area contributed by atoms with Crippen LogP contribution in [0.15, 0.2) is 85.5 Å². The fourth-order valence-electron chi connectivity index (χ4n) is 4.79. The molecule has 0 aliphatic carbocycles. The number of hydrogen-bond acceptors (Lipinski definition) is 7. The molecule has 3 heterocycles. The molecule has 1 aliphatic rings. The SMILES string of the molecule is Nc1cncc(C(=O)N2CCN(C(c3ccccc3)c3ccccc3)C(CNC(=O)c3ncn[nH]3)C2)c1. The van der Waals surface area contributed by atoms with E-state index in [9.17, 15) is 9.59 Å². The Hall–Kier alpha value is -4.57. The van der Waals surface area contributed by atoms with Crippen molar-refractivity contribution in [1.29, 1.82) is 0 Å². The minimum Gasteiger partial charge on any atom is -0.397 e. The Balaban J connectivity index is 1.45. The lowest BCUT2D eigenvalue weighted by Gasteiger charge is -2.45. The van der Waals surface area contributed by atoms with Gasteiger partial charge in [-0.3, -0.25) is 24.6 Å². The van der Waals surface area contributed by atoms with Crippen molar-refractivity contribution < 1.29 is 9.59 Å². The van der Waals surface area contributed by atoms with Gasteiger partial charge in [0.05, 0.1) is 17.3 Å². The van der Waals surface area contributed by atoms with Crippen LogP contribution in [0, 0.1) is 0 Å². The lowest BCUT2D eigenvalue weighted by Crippen LogP contribution is -2.59. The summed E-state index contributed by atoms with van der Waals surface area (Å²) in [5.41, 5.74) is 9.03. The van der Waals surface area contributed by atoms with Gasteiger partial charge in [0.2, 0.25) is 5.82 Å². The number of nitrogens with two attached hydrogens (primary N) is 1. The summed E-state index contributed by atoms with van der Waals surface area (Å²) < 4.78 is 0. The summed E-state index contributed by atoms with van der Waals surface area (Å²) in [4.78, 5) is 38.2. The minimum atomic E-state index is -0.350. The maximum absolute atomic E-state index is 13.3. The Morgan fingerprint density at radius 2 is 1.73 bits per heavy atom. The van der Waals surface area contributed by atoms with Crippen LogP contribution in [0.5, 0.6) is 0 Å². The largest absolute Gasteiger partial charge is 0.397 e. The second-order valence-corrected chi connectivity index (χ2v) is 8.92. The molecule has 1 atom stereocenters. The molecule has 188 valence electrons. The first kappa shape index (κ1) is 24.1. The lowest BCUT2D eigenvalue weighted by molar-refractivity contribution is 0.0381. The number of amides is 2. The number of pyridine rings is 1. The number of rotatable bonds is 7. The molecule has 10 nitrogen and oxygen atoms in total. The smallest absolute Gasteiger partial charge is 0.288 e. The van der Waals surface area contributed by atoms with E-state index in [-0.39, 0.29) is 29.7 Å². The Bertz CT molecular complexity index is 1290. The molecule has 1 aliphatic heterocycles. The number of hydrogen-bond donors (Lipinski definition) is 3. The highest BCUT2D eigenvalue weighted by Crippen LogP contribution is 2.32. The number of aromatic amines is 1. The van der Waals surface area contributed by atoms with Gasteiger partial charge in [-0.1, -0.05) is 60.7 Å². The molecule has 5 rings (SSSR count). The molecule has 0 bridgehead atoms. The predicted octanol–water partition coefficient (Wildman–Crippen LogP) is 2.13. The van der Waals surface area contributed by atoms with Gasteiger partial charge >= 0.3 is 0 Å². The number of benzene rings is 2.